The van der Waals surface area contributed by atoms with Gasteiger partial charge in [-0.2, -0.15) is 0 Å². The summed E-state index contributed by atoms with van der Waals surface area (Å²) in [5.41, 5.74) is 3.74. The van der Waals surface area contributed by atoms with E-state index in [2.05, 4.69) is 104 Å². The van der Waals surface area contributed by atoms with Crippen LogP contribution in [0.2, 0.25) is 0 Å². The van der Waals surface area contributed by atoms with E-state index in [4.69, 9.17) is 4.99 Å². The molecule has 3 aromatic rings. The fourth-order valence-corrected chi connectivity index (χ4v) is 13.2. The van der Waals surface area contributed by atoms with Gasteiger partial charge in [0.1, 0.15) is 0 Å². The summed E-state index contributed by atoms with van der Waals surface area (Å²) in [5.74, 6) is 0. The zero-order valence-electron chi connectivity index (χ0n) is 23.2. The average Bonchev–Trinajstić information content (AvgIpc) is 3.00. The number of nitrogens with zero attached hydrogens (tertiary/aromatic N) is 1. The van der Waals surface area contributed by atoms with E-state index in [1.807, 2.05) is 0 Å². The maximum absolute atomic E-state index is 5.41. The number of hydrogen-bond acceptors (Lipinski definition) is 1. The van der Waals surface area contributed by atoms with Crippen molar-refractivity contribution < 1.29 is 0 Å². The summed E-state index contributed by atoms with van der Waals surface area (Å²) in [5, 5.41) is 2.88. The predicted molar refractivity (Wildman–Crippen MR) is 172 cm³/mol. The van der Waals surface area contributed by atoms with E-state index in [-0.39, 0.29) is 14.0 Å². The molecule has 0 spiro atoms. The number of aliphatic imine (C=N–C) groups is 1. The van der Waals surface area contributed by atoms with E-state index in [1.165, 1.54) is 86.5 Å². The Hall–Kier alpha value is -1.81. The first-order valence-electron chi connectivity index (χ1n) is 15.0. The molecule has 1 nitrogen and oxygen atoms in total. The lowest BCUT2D eigenvalue weighted by Crippen LogP contribution is -2.24. The molecule has 0 aliphatic heterocycles. The molecule has 0 N–H and O–H groups in total. The largest absolute Gasteiger partial charge is 0.293 e. The van der Waals surface area contributed by atoms with Crippen molar-refractivity contribution in [1.82, 2.24) is 0 Å². The summed E-state index contributed by atoms with van der Waals surface area (Å²) >= 11 is 0. The second-order valence-electron chi connectivity index (χ2n) is 11.2. The summed E-state index contributed by atoms with van der Waals surface area (Å²) < 4.78 is 0. The molecule has 0 unspecified atom stereocenters. The van der Waals surface area contributed by atoms with Crippen molar-refractivity contribution in [3.05, 3.63) is 96.6 Å². The lowest BCUT2D eigenvalue weighted by Gasteiger charge is -2.38. The molecule has 0 bridgehead atoms. The van der Waals surface area contributed by atoms with Gasteiger partial charge in [0.2, 0.25) is 0 Å². The van der Waals surface area contributed by atoms with Crippen molar-refractivity contribution in [3.8, 4) is 0 Å². The van der Waals surface area contributed by atoms with Crippen LogP contribution in [0.25, 0.3) is 0 Å². The highest BCUT2D eigenvalue weighted by Gasteiger charge is 2.32. The predicted octanol–water partition coefficient (Wildman–Crippen LogP) is 9.47. The van der Waals surface area contributed by atoms with Crippen molar-refractivity contribution in [3.63, 3.8) is 0 Å². The van der Waals surface area contributed by atoms with Crippen LogP contribution in [0.3, 0.4) is 0 Å². The average molecular weight is 542 g/mol. The van der Waals surface area contributed by atoms with Crippen LogP contribution in [-0.2, 0) is 0 Å². The molecule has 2 fully saturated rings. The van der Waals surface area contributed by atoms with Gasteiger partial charge in [-0.1, -0.05) is 137 Å². The Balaban J connectivity index is 1.43. The lowest BCUT2D eigenvalue weighted by molar-refractivity contribution is 0.485. The van der Waals surface area contributed by atoms with E-state index < -0.39 is 7.92 Å². The van der Waals surface area contributed by atoms with Gasteiger partial charge in [0.05, 0.1) is 6.04 Å². The summed E-state index contributed by atoms with van der Waals surface area (Å²) in [6, 6.07) is 33.8. The normalized spacial score (nSPS) is 19.2. The first kappa shape index (κ1) is 27.7. The van der Waals surface area contributed by atoms with Gasteiger partial charge in [0.25, 0.3) is 0 Å². The second kappa shape index (κ2) is 14.5. The quantitative estimate of drug-likeness (QED) is 0.179. The summed E-state index contributed by atoms with van der Waals surface area (Å²) in [7, 11) is -0.543. The highest BCUT2D eigenvalue weighted by atomic mass is 31.1. The molecule has 2 saturated carbocycles. The topological polar surface area (TPSA) is 12.4 Å². The monoisotopic (exact) mass is 541 g/mol. The van der Waals surface area contributed by atoms with E-state index in [0.29, 0.717) is 5.66 Å². The van der Waals surface area contributed by atoms with Crippen molar-refractivity contribution in [2.45, 2.75) is 94.2 Å². The summed E-state index contributed by atoms with van der Waals surface area (Å²) in [6.07, 6.45) is 18.3. The molecule has 0 saturated heterocycles. The van der Waals surface area contributed by atoms with Crippen LogP contribution in [-0.4, -0.2) is 29.7 Å². The highest BCUT2D eigenvalue weighted by molar-refractivity contribution is 7.73. The molecule has 2 atom stereocenters. The summed E-state index contributed by atoms with van der Waals surface area (Å²) in [6.45, 7) is 2.37. The minimum absolute atomic E-state index is 0.0518. The molecule has 5 rings (SSSR count). The van der Waals surface area contributed by atoms with Crippen LogP contribution in [0.5, 0.6) is 0 Å². The molecule has 3 heteroatoms. The standard InChI is InChI=1S/C35H45NP2/c1-29(36-27-28-37(31-19-9-3-10-20-31)32-21-11-4-12-22-32)35(30-17-7-2-8-18-30)38(33-23-13-5-14-24-33)34-25-15-6-16-26-34/h2,5-8,13-18,23-27,29,31-32,35H,3-4,9-12,19-22,28H2,1H3/t29-,35+/m0/s1. The maximum Gasteiger partial charge on any atom is 0.0581 e. The van der Waals surface area contributed by atoms with Gasteiger partial charge in [0, 0.05) is 18.0 Å². The van der Waals surface area contributed by atoms with Crippen LogP contribution < -0.4 is 10.6 Å². The Morgan fingerprint density at radius 2 is 1.11 bits per heavy atom. The Bertz CT molecular complexity index is 1030. The Morgan fingerprint density at radius 3 is 1.58 bits per heavy atom. The molecular formula is C35H45NP2. The van der Waals surface area contributed by atoms with E-state index in [1.54, 1.807) is 0 Å². The number of benzene rings is 3. The molecule has 0 aromatic heterocycles. The van der Waals surface area contributed by atoms with Crippen LogP contribution in [0.15, 0.2) is 96.0 Å². The van der Waals surface area contributed by atoms with Crippen molar-refractivity contribution in [1.29, 1.82) is 0 Å². The van der Waals surface area contributed by atoms with Gasteiger partial charge < -0.3 is 0 Å². The first-order chi connectivity index (χ1) is 18.8. The Labute approximate surface area is 234 Å². The minimum Gasteiger partial charge on any atom is -0.293 e. The van der Waals surface area contributed by atoms with Crippen molar-refractivity contribution in [2.24, 2.45) is 4.99 Å². The summed E-state index contributed by atoms with van der Waals surface area (Å²) in [4.78, 5) is 5.41. The zero-order chi connectivity index (χ0) is 26.0. The smallest absolute Gasteiger partial charge is 0.0581 e. The van der Waals surface area contributed by atoms with Crippen LogP contribution in [0.1, 0.15) is 82.4 Å². The molecule has 38 heavy (non-hydrogen) atoms. The van der Waals surface area contributed by atoms with E-state index >= 15 is 0 Å². The SMILES string of the molecule is C[C@H](N=CCP(C1CCCCC1)C1CCCCC1)[C@H](c1ccccc1)P(c1ccccc1)c1ccccc1. The van der Waals surface area contributed by atoms with Crippen molar-refractivity contribution >= 4 is 32.7 Å². The first-order valence-corrected chi connectivity index (χ1v) is 18.1. The molecule has 3 aromatic carbocycles. The Kier molecular flexibility index (Phi) is 10.6. The highest BCUT2D eigenvalue weighted by Crippen LogP contribution is 2.55. The third kappa shape index (κ3) is 7.23. The molecule has 0 amide bonds. The third-order valence-corrected chi connectivity index (χ3v) is 15.2. The van der Waals surface area contributed by atoms with Gasteiger partial charge in [-0.3, -0.25) is 4.99 Å². The van der Waals surface area contributed by atoms with Crippen LogP contribution in [0.4, 0.5) is 0 Å². The number of rotatable bonds is 10. The molecule has 2 aliphatic rings. The molecular weight excluding hydrogens is 496 g/mol. The molecule has 200 valence electrons. The number of hydrogen-bond donors (Lipinski definition) is 0. The van der Waals surface area contributed by atoms with Gasteiger partial charge in [0.15, 0.2) is 0 Å². The van der Waals surface area contributed by atoms with Gasteiger partial charge >= 0.3 is 0 Å². The lowest BCUT2D eigenvalue weighted by atomic mass is 9.99. The van der Waals surface area contributed by atoms with Gasteiger partial charge in [-0.05, 0) is 68.0 Å². The minimum atomic E-state index is -0.595. The third-order valence-electron chi connectivity index (χ3n) is 8.67. The fourth-order valence-electron chi connectivity index (χ4n) is 6.75. The zero-order valence-corrected chi connectivity index (χ0v) is 25.0. The molecule has 0 heterocycles. The second-order valence-corrected chi connectivity index (χ2v) is 16.4. The Morgan fingerprint density at radius 1 is 0.658 bits per heavy atom. The molecule has 2 aliphatic carbocycles. The van der Waals surface area contributed by atoms with E-state index in [9.17, 15) is 0 Å². The van der Waals surface area contributed by atoms with Gasteiger partial charge in [-0.25, -0.2) is 0 Å². The van der Waals surface area contributed by atoms with Gasteiger partial charge in [-0.15, -0.1) is 0 Å². The maximum atomic E-state index is 5.41. The van der Waals surface area contributed by atoms with E-state index in [0.717, 1.165) is 11.3 Å². The molecule has 0 radical (unpaired) electrons. The van der Waals surface area contributed by atoms with Crippen molar-refractivity contribution in [2.75, 3.05) is 6.16 Å². The van der Waals surface area contributed by atoms with Crippen LogP contribution >= 0.6 is 15.8 Å². The van der Waals surface area contributed by atoms with Crippen LogP contribution in [0, 0.1) is 0 Å². The fraction of sp³-hybridized carbons (Fsp3) is 0.457.